The zero-order chi connectivity index (χ0) is 19.9. The van der Waals surface area contributed by atoms with Crippen LogP contribution in [-0.2, 0) is 6.54 Å². The van der Waals surface area contributed by atoms with Crippen LogP contribution in [0.1, 0.15) is 18.1 Å². The number of rotatable bonds is 8. The molecule has 3 rings (SSSR count). The average molecular weight is 395 g/mol. The van der Waals surface area contributed by atoms with Gasteiger partial charge in [-0.25, -0.2) is 0 Å². The summed E-state index contributed by atoms with van der Waals surface area (Å²) in [7, 11) is 0. The molecule has 0 aliphatic carbocycles. The number of aliphatic hydroxyl groups is 1. The first kappa shape index (κ1) is 19.9. The molecule has 1 N–H and O–H groups in total. The summed E-state index contributed by atoms with van der Waals surface area (Å²) >= 11 is 1.46. The van der Waals surface area contributed by atoms with Crippen molar-refractivity contribution in [3.8, 4) is 23.2 Å². The van der Waals surface area contributed by atoms with E-state index in [2.05, 4.69) is 42.2 Å². The molecule has 0 aliphatic heterocycles. The summed E-state index contributed by atoms with van der Waals surface area (Å²) in [6.07, 6.45) is -0.648. The number of aromatic nitrogens is 3. The van der Waals surface area contributed by atoms with Gasteiger partial charge in [-0.1, -0.05) is 35.5 Å². The summed E-state index contributed by atoms with van der Waals surface area (Å²) in [5, 5.41) is 28.5. The zero-order valence-corrected chi connectivity index (χ0v) is 16.7. The molecule has 0 aliphatic rings. The molecule has 3 aromatic rings. The molecule has 28 heavy (non-hydrogen) atoms. The Morgan fingerprint density at radius 3 is 2.68 bits per heavy atom. The van der Waals surface area contributed by atoms with Crippen LogP contribution in [0.3, 0.4) is 0 Å². The fourth-order valence-corrected chi connectivity index (χ4v) is 3.62. The van der Waals surface area contributed by atoms with Crippen LogP contribution in [0.25, 0.3) is 11.4 Å². The quantitative estimate of drug-likeness (QED) is 0.587. The van der Waals surface area contributed by atoms with Crippen molar-refractivity contribution in [2.75, 3.05) is 12.4 Å². The van der Waals surface area contributed by atoms with Crippen molar-refractivity contribution in [1.29, 1.82) is 5.26 Å². The lowest BCUT2D eigenvalue weighted by Crippen LogP contribution is -2.20. The van der Waals surface area contributed by atoms with Crippen LogP contribution in [0, 0.1) is 18.3 Å². The molecule has 0 fully saturated rings. The first-order valence-corrected chi connectivity index (χ1v) is 10.0. The van der Waals surface area contributed by atoms with Gasteiger partial charge >= 0.3 is 0 Å². The highest BCUT2D eigenvalue weighted by Crippen LogP contribution is 2.25. The third kappa shape index (κ3) is 4.91. The van der Waals surface area contributed by atoms with E-state index in [1.807, 2.05) is 16.7 Å². The van der Waals surface area contributed by atoms with E-state index in [0.717, 1.165) is 23.1 Å². The molecule has 0 radical (unpaired) electrons. The van der Waals surface area contributed by atoms with E-state index < -0.39 is 6.10 Å². The number of benzene rings is 2. The number of thioether (sulfide) groups is 1. The van der Waals surface area contributed by atoms with Gasteiger partial charge in [-0.2, -0.15) is 5.26 Å². The largest absolute Gasteiger partial charge is 0.491 e. The van der Waals surface area contributed by atoms with Crippen molar-refractivity contribution in [3.05, 3.63) is 59.7 Å². The van der Waals surface area contributed by atoms with Gasteiger partial charge in [0.15, 0.2) is 11.0 Å². The summed E-state index contributed by atoms with van der Waals surface area (Å²) < 4.78 is 7.63. The van der Waals surface area contributed by atoms with E-state index in [-0.39, 0.29) is 6.61 Å². The number of nitriles is 1. The summed E-state index contributed by atoms with van der Waals surface area (Å²) in [6, 6.07) is 17.1. The van der Waals surface area contributed by atoms with Gasteiger partial charge < -0.3 is 14.4 Å². The van der Waals surface area contributed by atoms with Gasteiger partial charge in [0.05, 0.1) is 17.7 Å². The van der Waals surface area contributed by atoms with Crippen LogP contribution in [0.5, 0.6) is 5.75 Å². The number of hydrogen-bond acceptors (Lipinski definition) is 6. The maximum absolute atomic E-state index is 10.2. The Hall–Kier alpha value is -2.82. The van der Waals surface area contributed by atoms with Crippen LogP contribution in [-0.4, -0.2) is 38.3 Å². The second-order valence-electron chi connectivity index (χ2n) is 6.33. The van der Waals surface area contributed by atoms with Gasteiger partial charge in [0.1, 0.15) is 12.4 Å². The third-order valence-electron chi connectivity index (χ3n) is 4.14. The average Bonchev–Trinajstić information content (AvgIpc) is 3.14. The van der Waals surface area contributed by atoms with E-state index >= 15 is 0 Å². The fourth-order valence-electron chi connectivity index (χ4n) is 2.72. The Bertz CT molecular complexity index is 963. The minimum atomic E-state index is -0.648. The first-order chi connectivity index (χ1) is 13.6. The number of aryl methyl sites for hydroxylation is 1. The van der Waals surface area contributed by atoms with Crippen molar-refractivity contribution >= 4 is 11.8 Å². The Morgan fingerprint density at radius 1 is 1.21 bits per heavy atom. The Labute approximate surface area is 168 Å². The number of hydrogen-bond donors (Lipinski definition) is 1. The van der Waals surface area contributed by atoms with Gasteiger partial charge in [0, 0.05) is 17.9 Å². The molecular weight excluding hydrogens is 372 g/mol. The standard InChI is InChI=1S/C21H22N4O2S/c1-3-25-20(17-6-4-5-15(2)11-17)23-24-21(25)28-14-18(26)13-27-19-9-7-16(12-22)8-10-19/h4-11,18,26H,3,13-14H2,1-2H3. The smallest absolute Gasteiger partial charge is 0.191 e. The molecule has 6 nitrogen and oxygen atoms in total. The first-order valence-electron chi connectivity index (χ1n) is 9.04. The van der Waals surface area contributed by atoms with E-state index in [1.165, 1.54) is 17.3 Å². The molecule has 144 valence electrons. The number of nitrogens with zero attached hydrogens (tertiary/aromatic N) is 4. The zero-order valence-electron chi connectivity index (χ0n) is 15.9. The van der Waals surface area contributed by atoms with Crippen LogP contribution < -0.4 is 4.74 Å². The number of aliphatic hydroxyl groups excluding tert-OH is 1. The second kappa shape index (κ2) is 9.40. The van der Waals surface area contributed by atoms with E-state index in [9.17, 15) is 5.11 Å². The van der Waals surface area contributed by atoms with Crippen molar-refractivity contribution in [2.45, 2.75) is 31.7 Å². The minimum absolute atomic E-state index is 0.171. The SMILES string of the molecule is CCn1c(SCC(O)COc2ccc(C#N)cc2)nnc1-c1cccc(C)c1. The highest BCUT2D eigenvalue weighted by Gasteiger charge is 2.15. The molecule has 0 amide bonds. The highest BCUT2D eigenvalue weighted by molar-refractivity contribution is 7.99. The third-order valence-corrected chi connectivity index (χ3v) is 5.25. The maximum atomic E-state index is 10.2. The summed E-state index contributed by atoms with van der Waals surface area (Å²) in [5.41, 5.74) is 2.78. The molecule has 7 heteroatoms. The monoisotopic (exact) mass is 394 g/mol. The van der Waals surface area contributed by atoms with Crippen molar-refractivity contribution < 1.29 is 9.84 Å². The summed E-state index contributed by atoms with van der Waals surface area (Å²) in [6.45, 7) is 5.02. The van der Waals surface area contributed by atoms with Crippen molar-refractivity contribution in [3.63, 3.8) is 0 Å². The lowest BCUT2D eigenvalue weighted by atomic mass is 10.1. The molecule has 1 heterocycles. The van der Waals surface area contributed by atoms with Gasteiger partial charge in [0.2, 0.25) is 0 Å². The summed E-state index contributed by atoms with van der Waals surface area (Å²) in [5.74, 6) is 1.90. The number of ether oxygens (including phenoxy) is 1. The topological polar surface area (TPSA) is 84.0 Å². The van der Waals surface area contributed by atoms with Gasteiger partial charge in [0.25, 0.3) is 0 Å². The lowest BCUT2D eigenvalue weighted by Gasteiger charge is -2.12. The maximum Gasteiger partial charge on any atom is 0.191 e. The van der Waals surface area contributed by atoms with E-state index in [1.54, 1.807) is 24.3 Å². The Kier molecular flexibility index (Phi) is 6.69. The second-order valence-corrected chi connectivity index (χ2v) is 7.32. The molecular formula is C21H22N4O2S. The van der Waals surface area contributed by atoms with Crippen LogP contribution in [0.15, 0.2) is 53.7 Å². The fraction of sp³-hybridized carbons (Fsp3) is 0.286. The molecule has 1 aromatic heterocycles. The Morgan fingerprint density at radius 2 is 2.00 bits per heavy atom. The van der Waals surface area contributed by atoms with Gasteiger partial charge in [-0.15, -0.1) is 10.2 Å². The normalized spacial score (nSPS) is 11.8. The predicted octanol–water partition coefficient (Wildman–Crippen LogP) is 3.68. The lowest BCUT2D eigenvalue weighted by molar-refractivity contribution is 0.126. The molecule has 0 saturated heterocycles. The van der Waals surface area contributed by atoms with E-state index in [4.69, 9.17) is 10.00 Å². The van der Waals surface area contributed by atoms with Crippen LogP contribution >= 0.6 is 11.8 Å². The van der Waals surface area contributed by atoms with Crippen LogP contribution in [0.2, 0.25) is 0 Å². The molecule has 1 unspecified atom stereocenters. The molecule has 0 spiro atoms. The minimum Gasteiger partial charge on any atom is -0.491 e. The molecule has 1 atom stereocenters. The highest BCUT2D eigenvalue weighted by atomic mass is 32.2. The van der Waals surface area contributed by atoms with E-state index in [0.29, 0.717) is 17.1 Å². The Balaban J connectivity index is 1.58. The molecule has 2 aromatic carbocycles. The molecule has 0 bridgehead atoms. The van der Waals surface area contributed by atoms with Gasteiger partial charge in [-0.05, 0) is 44.2 Å². The van der Waals surface area contributed by atoms with Gasteiger partial charge in [-0.3, -0.25) is 0 Å². The van der Waals surface area contributed by atoms with Crippen molar-refractivity contribution in [2.24, 2.45) is 0 Å². The van der Waals surface area contributed by atoms with Crippen molar-refractivity contribution in [1.82, 2.24) is 14.8 Å². The van der Waals surface area contributed by atoms with Crippen LogP contribution in [0.4, 0.5) is 0 Å². The molecule has 0 saturated carbocycles. The summed E-state index contributed by atoms with van der Waals surface area (Å²) in [4.78, 5) is 0. The predicted molar refractivity (Wildman–Crippen MR) is 109 cm³/mol.